The maximum Gasteiger partial charge on any atom is 0.277 e. The molecule has 0 spiro atoms. The SMILES string of the molecule is O=C(COc1ccc(OCc2ccccc2)cc1)NN=Cc1cccc(Cl)c1. The number of amides is 1. The predicted molar refractivity (Wildman–Crippen MR) is 110 cm³/mol. The van der Waals surface area contributed by atoms with Gasteiger partial charge in [-0.1, -0.05) is 54.1 Å². The number of benzene rings is 3. The minimum Gasteiger partial charge on any atom is -0.489 e. The van der Waals surface area contributed by atoms with Gasteiger partial charge in [0.15, 0.2) is 6.61 Å². The van der Waals surface area contributed by atoms with Gasteiger partial charge < -0.3 is 9.47 Å². The number of hydrogen-bond acceptors (Lipinski definition) is 4. The fourth-order valence-electron chi connectivity index (χ4n) is 2.32. The summed E-state index contributed by atoms with van der Waals surface area (Å²) in [7, 11) is 0. The fraction of sp³-hybridized carbons (Fsp3) is 0.0909. The van der Waals surface area contributed by atoms with Crippen LogP contribution >= 0.6 is 11.6 Å². The molecule has 28 heavy (non-hydrogen) atoms. The average molecular weight is 395 g/mol. The molecule has 0 atom stereocenters. The standard InChI is InChI=1S/C22H19ClN2O3/c23-19-8-4-7-18(13-19)14-24-25-22(26)16-28-21-11-9-20(10-12-21)27-15-17-5-2-1-3-6-17/h1-14H,15-16H2,(H,25,26). The summed E-state index contributed by atoms with van der Waals surface area (Å²) in [5, 5.41) is 4.49. The first-order chi connectivity index (χ1) is 13.7. The summed E-state index contributed by atoms with van der Waals surface area (Å²) in [6, 6.07) is 24.2. The van der Waals surface area contributed by atoms with Crippen molar-refractivity contribution in [1.29, 1.82) is 0 Å². The molecule has 0 saturated heterocycles. The van der Waals surface area contributed by atoms with E-state index in [4.69, 9.17) is 21.1 Å². The quantitative estimate of drug-likeness (QED) is 0.453. The molecular formula is C22H19ClN2O3. The summed E-state index contributed by atoms with van der Waals surface area (Å²) in [6.07, 6.45) is 1.52. The second kappa shape index (κ2) is 10.1. The number of hydrogen-bond donors (Lipinski definition) is 1. The van der Waals surface area contributed by atoms with Crippen LogP contribution < -0.4 is 14.9 Å². The maximum absolute atomic E-state index is 11.8. The highest BCUT2D eigenvalue weighted by molar-refractivity contribution is 6.30. The zero-order chi connectivity index (χ0) is 19.6. The van der Waals surface area contributed by atoms with Crippen molar-refractivity contribution in [2.24, 2.45) is 5.10 Å². The normalized spacial score (nSPS) is 10.6. The van der Waals surface area contributed by atoms with Gasteiger partial charge in [0.05, 0.1) is 6.21 Å². The zero-order valence-corrected chi connectivity index (χ0v) is 15.8. The monoisotopic (exact) mass is 394 g/mol. The number of carbonyl (C=O) groups is 1. The lowest BCUT2D eigenvalue weighted by atomic mass is 10.2. The van der Waals surface area contributed by atoms with Crippen LogP contribution in [0.2, 0.25) is 5.02 Å². The minimum absolute atomic E-state index is 0.142. The highest BCUT2D eigenvalue weighted by Crippen LogP contribution is 2.18. The van der Waals surface area contributed by atoms with Crippen LogP contribution in [0.5, 0.6) is 11.5 Å². The molecule has 1 amide bonds. The molecule has 3 aromatic rings. The molecule has 0 aliphatic rings. The third kappa shape index (κ3) is 6.45. The first-order valence-corrected chi connectivity index (χ1v) is 9.04. The Bertz CT molecular complexity index is 928. The van der Waals surface area contributed by atoms with Crippen LogP contribution in [0.15, 0.2) is 84.0 Å². The van der Waals surface area contributed by atoms with Gasteiger partial charge in [-0.3, -0.25) is 4.79 Å². The number of rotatable bonds is 8. The number of carbonyl (C=O) groups excluding carboxylic acids is 1. The van der Waals surface area contributed by atoms with Crippen LogP contribution in [0, 0.1) is 0 Å². The molecular weight excluding hydrogens is 376 g/mol. The van der Waals surface area contributed by atoms with E-state index in [9.17, 15) is 4.79 Å². The van der Waals surface area contributed by atoms with Crippen LogP contribution in [0.4, 0.5) is 0 Å². The van der Waals surface area contributed by atoms with Crippen LogP contribution in [0.1, 0.15) is 11.1 Å². The lowest BCUT2D eigenvalue weighted by molar-refractivity contribution is -0.123. The molecule has 1 N–H and O–H groups in total. The Morgan fingerprint density at radius 3 is 2.36 bits per heavy atom. The Balaban J connectivity index is 1.41. The minimum atomic E-state index is -0.359. The second-order valence-electron chi connectivity index (χ2n) is 5.88. The molecule has 0 bridgehead atoms. The van der Waals surface area contributed by atoms with Crippen molar-refractivity contribution >= 4 is 23.7 Å². The highest BCUT2D eigenvalue weighted by atomic mass is 35.5. The molecule has 142 valence electrons. The van der Waals surface area contributed by atoms with Gasteiger partial charge in [0.1, 0.15) is 18.1 Å². The van der Waals surface area contributed by atoms with E-state index in [-0.39, 0.29) is 12.5 Å². The maximum atomic E-state index is 11.8. The Morgan fingerprint density at radius 2 is 1.64 bits per heavy atom. The summed E-state index contributed by atoms with van der Waals surface area (Å²) in [4.78, 5) is 11.8. The van der Waals surface area contributed by atoms with Crippen molar-refractivity contribution in [3.63, 3.8) is 0 Å². The molecule has 0 aliphatic heterocycles. The summed E-state index contributed by atoms with van der Waals surface area (Å²) in [6.45, 7) is 0.352. The van der Waals surface area contributed by atoms with Gasteiger partial charge in [0, 0.05) is 5.02 Å². The van der Waals surface area contributed by atoms with E-state index in [1.807, 2.05) is 42.5 Å². The van der Waals surface area contributed by atoms with Gasteiger partial charge in [0.2, 0.25) is 0 Å². The smallest absolute Gasteiger partial charge is 0.277 e. The largest absolute Gasteiger partial charge is 0.489 e. The first kappa shape index (κ1) is 19.5. The van der Waals surface area contributed by atoms with Gasteiger partial charge >= 0.3 is 0 Å². The number of ether oxygens (including phenoxy) is 2. The summed E-state index contributed by atoms with van der Waals surface area (Å²) in [5.74, 6) is 0.940. The predicted octanol–water partition coefficient (Wildman–Crippen LogP) is 4.45. The Hall–Kier alpha value is -3.31. The van der Waals surface area contributed by atoms with Crippen LogP contribution in [0.3, 0.4) is 0 Å². The second-order valence-corrected chi connectivity index (χ2v) is 6.32. The van der Waals surface area contributed by atoms with E-state index in [1.54, 1.807) is 36.4 Å². The number of nitrogens with one attached hydrogen (secondary N) is 1. The fourth-order valence-corrected chi connectivity index (χ4v) is 2.52. The molecule has 0 unspecified atom stereocenters. The zero-order valence-electron chi connectivity index (χ0n) is 15.0. The van der Waals surface area contributed by atoms with Gasteiger partial charge in [0.25, 0.3) is 5.91 Å². The molecule has 3 rings (SSSR count). The molecule has 0 aliphatic carbocycles. The van der Waals surface area contributed by atoms with Crippen LogP contribution in [0.25, 0.3) is 0 Å². The van der Waals surface area contributed by atoms with E-state index in [2.05, 4.69) is 10.5 Å². The molecule has 0 saturated carbocycles. The van der Waals surface area contributed by atoms with E-state index < -0.39 is 0 Å². The number of nitrogens with zero attached hydrogens (tertiary/aromatic N) is 1. The molecule has 6 heteroatoms. The van der Waals surface area contributed by atoms with E-state index >= 15 is 0 Å². The third-order valence-electron chi connectivity index (χ3n) is 3.69. The molecule has 0 radical (unpaired) electrons. The van der Waals surface area contributed by atoms with Crippen molar-refractivity contribution in [1.82, 2.24) is 5.43 Å². The van der Waals surface area contributed by atoms with E-state index in [0.717, 1.165) is 16.9 Å². The molecule has 5 nitrogen and oxygen atoms in total. The summed E-state index contributed by atoms with van der Waals surface area (Å²) < 4.78 is 11.2. The lowest BCUT2D eigenvalue weighted by Crippen LogP contribution is -2.24. The van der Waals surface area contributed by atoms with Gasteiger partial charge in [-0.25, -0.2) is 5.43 Å². The Kier molecular flexibility index (Phi) is 7.04. The first-order valence-electron chi connectivity index (χ1n) is 8.66. The van der Waals surface area contributed by atoms with Crippen molar-refractivity contribution in [2.45, 2.75) is 6.61 Å². The van der Waals surface area contributed by atoms with Crippen molar-refractivity contribution in [2.75, 3.05) is 6.61 Å². The van der Waals surface area contributed by atoms with Crippen molar-refractivity contribution < 1.29 is 14.3 Å². The van der Waals surface area contributed by atoms with Gasteiger partial charge in [-0.05, 0) is 47.5 Å². The molecule has 3 aromatic carbocycles. The van der Waals surface area contributed by atoms with E-state index in [1.165, 1.54) is 6.21 Å². The topological polar surface area (TPSA) is 59.9 Å². The number of halogens is 1. The van der Waals surface area contributed by atoms with E-state index in [0.29, 0.717) is 17.4 Å². The molecule has 0 heterocycles. The van der Waals surface area contributed by atoms with Gasteiger partial charge in [-0.2, -0.15) is 5.10 Å². The van der Waals surface area contributed by atoms with Crippen LogP contribution in [-0.4, -0.2) is 18.7 Å². The summed E-state index contributed by atoms with van der Waals surface area (Å²) >= 11 is 5.89. The number of hydrazone groups is 1. The van der Waals surface area contributed by atoms with Crippen LogP contribution in [-0.2, 0) is 11.4 Å². The third-order valence-corrected chi connectivity index (χ3v) is 3.93. The summed E-state index contributed by atoms with van der Waals surface area (Å²) in [5.41, 5.74) is 4.30. The van der Waals surface area contributed by atoms with Crippen molar-refractivity contribution in [3.05, 3.63) is 95.0 Å². The van der Waals surface area contributed by atoms with Crippen molar-refractivity contribution in [3.8, 4) is 11.5 Å². The Labute approximate surface area is 168 Å². The highest BCUT2D eigenvalue weighted by Gasteiger charge is 2.02. The molecule has 0 aromatic heterocycles. The lowest BCUT2D eigenvalue weighted by Gasteiger charge is -2.08. The Morgan fingerprint density at radius 1 is 0.929 bits per heavy atom. The van der Waals surface area contributed by atoms with Gasteiger partial charge in [-0.15, -0.1) is 0 Å². The average Bonchev–Trinajstić information content (AvgIpc) is 2.72. The molecule has 0 fully saturated rings.